The fraction of sp³-hybridized carbons (Fsp3) is 0.650. The number of aliphatic hydroxyl groups is 1. The number of hydrogen-bond acceptors (Lipinski definition) is 6. The molecule has 3 heterocycles. The number of likely N-dealkylation sites (tertiary alicyclic amines) is 1. The van der Waals surface area contributed by atoms with E-state index in [1.807, 2.05) is 19.3 Å². The lowest BCUT2D eigenvalue weighted by atomic mass is 9.98. The van der Waals surface area contributed by atoms with E-state index in [0.717, 1.165) is 35.0 Å². The smallest absolute Gasteiger partial charge is 0.142 e. The zero-order valence-corrected chi connectivity index (χ0v) is 16.9. The summed E-state index contributed by atoms with van der Waals surface area (Å²) in [6.45, 7) is 6.05. The lowest BCUT2D eigenvalue weighted by Crippen LogP contribution is -2.17. The molecule has 0 aromatic carbocycles. The molecule has 7 heteroatoms. The molecule has 0 bridgehead atoms. The summed E-state index contributed by atoms with van der Waals surface area (Å²) >= 11 is 0. The van der Waals surface area contributed by atoms with E-state index < -0.39 is 5.41 Å². The molecule has 3 N–H and O–H groups in total. The maximum Gasteiger partial charge on any atom is 0.142 e. The minimum Gasteiger partial charge on any atom is -0.395 e. The van der Waals surface area contributed by atoms with Crippen LogP contribution in [0.4, 0.5) is 5.82 Å². The Bertz CT molecular complexity index is 703. The van der Waals surface area contributed by atoms with E-state index in [2.05, 4.69) is 32.2 Å². The number of carbonyl (C=O) groups is 1. The highest BCUT2D eigenvalue weighted by Crippen LogP contribution is 2.36. The van der Waals surface area contributed by atoms with Crippen LogP contribution >= 0.6 is 0 Å². The lowest BCUT2D eigenvalue weighted by Gasteiger charge is -2.09. The standard InChI is InChI=1S/C8H15N.C7H8N4.C5H10O2/c1-9-5-7-3-2-4-8(7)6-9;1-8-6-5-2-3-9-7(5)11-4-10-6;1-5(2,3-6)4-7/h7-8H,2-6H2,1H3;2-4H,1H3,(H2,8,9,10,11);3,7H,4H2,1-2H3. The summed E-state index contributed by atoms with van der Waals surface area (Å²) in [6.07, 6.45) is 8.64. The Morgan fingerprint density at radius 2 is 2.00 bits per heavy atom. The number of fused-ring (bicyclic) bond motifs is 2. The van der Waals surface area contributed by atoms with Crippen LogP contribution in [-0.4, -0.2) is 65.0 Å². The third-order valence-corrected chi connectivity index (χ3v) is 5.23. The van der Waals surface area contributed by atoms with Gasteiger partial charge < -0.3 is 25.1 Å². The van der Waals surface area contributed by atoms with Crippen molar-refractivity contribution in [3.63, 3.8) is 0 Å². The van der Waals surface area contributed by atoms with Crippen molar-refractivity contribution in [1.29, 1.82) is 0 Å². The number of hydrogen-bond donors (Lipinski definition) is 3. The van der Waals surface area contributed by atoms with Gasteiger partial charge in [0, 0.05) is 31.7 Å². The Labute approximate surface area is 161 Å². The molecular weight excluding hydrogens is 342 g/mol. The highest BCUT2D eigenvalue weighted by molar-refractivity contribution is 5.86. The van der Waals surface area contributed by atoms with Crippen molar-refractivity contribution >= 4 is 23.1 Å². The number of anilines is 1. The number of aldehydes is 1. The molecule has 2 aromatic heterocycles. The average molecular weight is 376 g/mol. The van der Waals surface area contributed by atoms with Gasteiger partial charge in [-0.1, -0.05) is 20.3 Å². The summed E-state index contributed by atoms with van der Waals surface area (Å²) in [4.78, 5) is 23.5. The third-order valence-electron chi connectivity index (χ3n) is 5.23. The molecule has 4 rings (SSSR count). The van der Waals surface area contributed by atoms with Crippen LogP contribution in [0.1, 0.15) is 33.1 Å². The van der Waals surface area contributed by atoms with Gasteiger partial charge in [-0.25, -0.2) is 9.97 Å². The molecule has 2 unspecified atom stereocenters. The molecule has 1 saturated carbocycles. The predicted octanol–water partition coefficient (Wildman–Crippen LogP) is 2.55. The Kier molecular flexibility index (Phi) is 7.74. The molecule has 2 aliphatic rings. The van der Waals surface area contributed by atoms with E-state index in [4.69, 9.17) is 5.11 Å². The summed E-state index contributed by atoms with van der Waals surface area (Å²) in [6, 6.07) is 1.95. The Balaban J connectivity index is 0.000000150. The van der Waals surface area contributed by atoms with Crippen LogP contribution in [0.15, 0.2) is 18.6 Å². The summed E-state index contributed by atoms with van der Waals surface area (Å²) in [5, 5.41) is 12.4. The van der Waals surface area contributed by atoms with Gasteiger partial charge in [0.05, 0.1) is 12.0 Å². The molecule has 1 aliphatic heterocycles. The van der Waals surface area contributed by atoms with Crippen LogP contribution in [0, 0.1) is 17.3 Å². The van der Waals surface area contributed by atoms with Gasteiger partial charge in [0.2, 0.25) is 0 Å². The van der Waals surface area contributed by atoms with E-state index in [0.29, 0.717) is 0 Å². The average Bonchev–Trinajstić information content (AvgIpc) is 3.38. The lowest BCUT2D eigenvalue weighted by molar-refractivity contribution is -0.116. The van der Waals surface area contributed by atoms with Gasteiger partial charge in [-0.15, -0.1) is 0 Å². The van der Waals surface area contributed by atoms with Crippen molar-refractivity contribution < 1.29 is 9.90 Å². The quantitative estimate of drug-likeness (QED) is 0.714. The highest BCUT2D eigenvalue weighted by Gasteiger charge is 2.33. The predicted molar refractivity (Wildman–Crippen MR) is 109 cm³/mol. The molecule has 2 atom stereocenters. The van der Waals surface area contributed by atoms with E-state index in [1.54, 1.807) is 13.8 Å². The number of nitrogens with zero attached hydrogens (tertiary/aromatic N) is 3. The molecule has 2 fully saturated rings. The molecule has 1 aliphatic carbocycles. The molecule has 1 saturated heterocycles. The number of aliphatic hydroxyl groups excluding tert-OH is 1. The van der Waals surface area contributed by atoms with Crippen molar-refractivity contribution in [2.45, 2.75) is 33.1 Å². The summed E-state index contributed by atoms with van der Waals surface area (Å²) in [7, 11) is 4.09. The second kappa shape index (κ2) is 9.80. The Morgan fingerprint density at radius 3 is 2.52 bits per heavy atom. The van der Waals surface area contributed by atoms with Crippen molar-refractivity contribution in [3.05, 3.63) is 18.6 Å². The molecule has 0 amide bonds. The van der Waals surface area contributed by atoms with E-state index in [1.165, 1.54) is 38.7 Å². The fourth-order valence-electron chi connectivity index (χ4n) is 3.58. The van der Waals surface area contributed by atoms with Crippen LogP contribution in [0.5, 0.6) is 0 Å². The Morgan fingerprint density at radius 1 is 1.33 bits per heavy atom. The van der Waals surface area contributed by atoms with Crippen LogP contribution in [-0.2, 0) is 4.79 Å². The SMILES string of the molecule is CC(C)(C=O)CO.CN1CC2CCCC2C1.CNc1ncnc2[nH]ccc12. The number of aromatic amines is 1. The molecule has 7 nitrogen and oxygen atoms in total. The van der Waals surface area contributed by atoms with Crippen molar-refractivity contribution in [2.75, 3.05) is 39.1 Å². The minimum atomic E-state index is -0.542. The van der Waals surface area contributed by atoms with Crippen LogP contribution in [0.3, 0.4) is 0 Å². The molecule has 2 aromatic rings. The maximum atomic E-state index is 9.90. The minimum absolute atomic E-state index is 0.0729. The van der Waals surface area contributed by atoms with Gasteiger partial charge in [-0.2, -0.15) is 0 Å². The first-order valence-electron chi connectivity index (χ1n) is 9.61. The Hall–Kier alpha value is -1.99. The van der Waals surface area contributed by atoms with Crippen LogP contribution in [0.25, 0.3) is 11.0 Å². The summed E-state index contributed by atoms with van der Waals surface area (Å²) in [5.41, 5.74) is 0.323. The first kappa shape index (κ1) is 21.3. The first-order chi connectivity index (χ1) is 12.9. The van der Waals surface area contributed by atoms with Gasteiger partial charge in [-0.3, -0.25) is 0 Å². The number of aromatic nitrogens is 3. The zero-order valence-electron chi connectivity index (χ0n) is 16.9. The molecular formula is C20H33N5O2. The zero-order chi connectivity index (χ0) is 19.9. The van der Waals surface area contributed by atoms with E-state index >= 15 is 0 Å². The monoisotopic (exact) mass is 375 g/mol. The first-order valence-corrected chi connectivity index (χ1v) is 9.61. The van der Waals surface area contributed by atoms with Crippen LogP contribution < -0.4 is 5.32 Å². The van der Waals surface area contributed by atoms with Gasteiger partial charge in [0.1, 0.15) is 24.1 Å². The van der Waals surface area contributed by atoms with E-state index in [9.17, 15) is 4.79 Å². The summed E-state index contributed by atoms with van der Waals surface area (Å²) < 4.78 is 0. The van der Waals surface area contributed by atoms with Gasteiger partial charge in [0.15, 0.2) is 0 Å². The van der Waals surface area contributed by atoms with Crippen LogP contribution in [0.2, 0.25) is 0 Å². The van der Waals surface area contributed by atoms with Crippen molar-refractivity contribution in [2.24, 2.45) is 17.3 Å². The maximum absolute atomic E-state index is 9.90. The number of nitrogens with one attached hydrogen (secondary N) is 2. The molecule has 0 spiro atoms. The van der Waals surface area contributed by atoms with Gasteiger partial charge in [-0.05, 0) is 37.8 Å². The molecule has 150 valence electrons. The van der Waals surface area contributed by atoms with E-state index in [-0.39, 0.29) is 6.61 Å². The summed E-state index contributed by atoms with van der Waals surface area (Å²) in [5.74, 6) is 3.02. The second-order valence-corrected chi connectivity index (χ2v) is 8.15. The number of H-pyrrole nitrogens is 1. The topological polar surface area (TPSA) is 94.1 Å². The second-order valence-electron chi connectivity index (χ2n) is 8.15. The number of carbonyl (C=O) groups excluding carboxylic acids is 1. The molecule has 27 heavy (non-hydrogen) atoms. The van der Waals surface area contributed by atoms with Gasteiger partial charge in [0.25, 0.3) is 0 Å². The largest absolute Gasteiger partial charge is 0.395 e. The normalized spacial score (nSPS) is 21.7. The molecule has 0 radical (unpaired) electrons. The van der Waals surface area contributed by atoms with Crippen molar-refractivity contribution in [1.82, 2.24) is 19.9 Å². The highest BCUT2D eigenvalue weighted by atomic mass is 16.3. The van der Waals surface area contributed by atoms with Crippen molar-refractivity contribution in [3.8, 4) is 0 Å². The number of rotatable bonds is 3. The third kappa shape index (κ3) is 6.01. The van der Waals surface area contributed by atoms with Gasteiger partial charge >= 0.3 is 0 Å². The fourth-order valence-corrected chi connectivity index (χ4v) is 3.58.